The van der Waals surface area contributed by atoms with Gasteiger partial charge in [-0.1, -0.05) is 36.4 Å². The molecule has 3 heteroatoms. The minimum Gasteiger partial charge on any atom is -0.370 e. The molecule has 0 saturated heterocycles. The van der Waals surface area contributed by atoms with E-state index in [4.69, 9.17) is 0 Å². The first-order valence-corrected chi connectivity index (χ1v) is 5.97. The van der Waals surface area contributed by atoms with E-state index < -0.39 is 0 Å². The van der Waals surface area contributed by atoms with E-state index in [1.165, 1.54) is 0 Å². The Bertz CT molecular complexity index is 593. The summed E-state index contributed by atoms with van der Waals surface area (Å²) < 4.78 is 0. The number of amides is 1. The summed E-state index contributed by atoms with van der Waals surface area (Å²) in [7, 11) is 0. The van der Waals surface area contributed by atoms with Crippen molar-refractivity contribution >= 4 is 17.3 Å². The summed E-state index contributed by atoms with van der Waals surface area (Å²) in [6.45, 7) is 2.00. The molecule has 0 bridgehead atoms. The standard InChI is InChI=1S/C15H14N2O/c1-10-6-5-9-12-13(10)17-15(18)14(12)16-11-7-3-2-4-8-11/h2-9,14,16H,1H3,(H,17,18). The lowest BCUT2D eigenvalue weighted by atomic mass is 10.0. The number of benzene rings is 2. The molecule has 0 aromatic heterocycles. The average Bonchev–Trinajstić information content (AvgIpc) is 2.70. The molecule has 1 amide bonds. The van der Waals surface area contributed by atoms with E-state index in [9.17, 15) is 4.79 Å². The summed E-state index contributed by atoms with van der Waals surface area (Å²) in [5.41, 5.74) is 4.00. The summed E-state index contributed by atoms with van der Waals surface area (Å²) in [6, 6.07) is 15.4. The second-order valence-electron chi connectivity index (χ2n) is 4.47. The van der Waals surface area contributed by atoms with Crippen LogP contribution in [0.5, 0.6) is 0 Å². The Labute approximate surface area is 106 Å². The van der Waals surface area contributed by atoms with Gasteiger partial charge in [0.2, 0.25) is 0 Å². The largest absolute Gasteiger partial charge is 0.370 e. The second kappa shape index (κ2) is 4.18. The van der Waals surface area contributed by atoms with Gasteiger partial charge in [0.05, 0.1) is 0 Å². The molecule has 1 aliphatic rings. The van der Waals surface area contributed by atoms with E-state index in [2.05, 4.69) is 10.6 Å². The normalized spacial score (nSPS) is 17.2. The van der Waals surface area contributed by atoms with Crippen LogP contribution in [-0.2, 0) is 4.79 Å². The molecule has 2 N–H and O–H groups in total. The van der Waals surface area contributed by atoms with E-state index in [1.807, 2.05) is 55.5 Å². The molecular formula is C15H14N2O. The molecule has 1 unspecified atom stereocenters. The van der Waals surface area contributed by atoms with Crippen LogP contribution in [0, 0.1) is 6.92 Å². The fourth-order valence-electron chi connectivity index (χ4n) is 2.28. The highest BCUT2D eigenvalue weighted by atomic mass is 16.2. The van der Waals surface area contributed by atoms with E-state index in [1.54, 1.807) is 0 Å². The SMILES string of the molecule is Cc1cccc2c1NC(=O)C2Nc1ccccc1. The van der Waals surface area contributed by atoms with Crippen LogP contribution in [-0.4, -0.2) is 5.91 Å². The quantitative estimate of drug-likeness (QED) is 0.844. The van der Waals surface area contributed by atoms with E-state index in [0.717, 1.165) is 22.5 Å². The van der Waals surface area contributed by atoms with Crippen molar-refractivity contribution < 1.29 is 4.79 Å². The lowest BCUT2D eigenvalue weighted by Gasteiger charge is -2.12. The zero-order valence-electron chi connectivity index (χ0n) is 10.1. The van der Waals surface area contributed by atoms with Crippen LogP contribution in [0.2, 0.25) is 0 Å². The van der Waals surface area contributed by atoms with Gasteiger partial charge in [-0.15, -0.1) is 0 Å². The minimum atomic E-state index is -0.303. The second-order valence-corrected chi connectivity index (χ2v) is 4.47. The number of carbonyl (C=O) groups excluding carboxylic acids is 1. The molecule has 2 aromatic rings. The summed E-state index contributed by atoms with van der Waals surface area (Å²) in [4.78, 5) is 12.0. The van der Waals surface area contributed by atoms with E-state index in [-0.39, 0.29) is 11.9 Å². The van der Waals surface area contributed by atoms with Gasteiger partial charge in [0, 0.05) is 16.9 Å². The number of fused-ring (bicyclic) bond motifs is 1. The zero-order chi connectivity index (χ0) is 12.5. The molecule has 18 heavy (non-hydrogen) atoms. The van der Waals surface area contributed by atoms with Crippen LogP contribution in [0.25, 0.3) is 0 Å². The van der Waals surface area contributed by atoms with Crippen molar-refractivity contribution in [1.29, 1.82) is 0 Å². The van der Waals surface area contributed by atoms with Gasteiger partial charge in [0.15, 0.2) is 0 Å². The third kappa shape index (κ3) is 1.74. The van der Waals surface area contributed by atoms with Gasteiger partial charge in [-0.05, 0) is 24.6 Å². The predicted molar refractivity (Wildman–Crippen MR) is 72.6 cm³/mol. The fourth-order valence-corrected chi connectivity index (χ4v) is 2.28. The Kier molecular flexibility index (Phi) is 2.52. The van der Waals surface area contributed by atoms with Gasteiger partial charge in [-0.2, -0.15) is 0 Å². The van der Waals surface area contributed by atoms with Crippen molar-refractivity contribution in [2.75, 3.05) is 10.6 Å². The molecule has 0 radical (unpaired) electrons. The van der Waals surface area contributed by atoms with Gasteiger partial charge in [-0.3, -0.25) is 4.79 Å². The number of hydrogen-bond acceptors (Lipinski definition) is 2. The summed E-state index contributed by atoms with van der Waals surface area (Å²) in [5.74, 6) is 0.00292. The number of aryl methyl sites for hydroxylation is 1. The minimum absolute atomic E-state index is 0.00292. The third-order valence-electron chi connectivity index (χ3n) is 3.21. The first-order valence-electron chi connectivity index (χ1n) is 5.97. The molecule has 90 valence electrons. The Hall–Kier alpha value is -2.29. The van der Waals surface area contributed by atoms with Crippen LogP contribution in [0.3, 0.4) is 0 Å². The number of hydrogen-bond donors (Lipinski definition) is 2. The van der Waals surface area contributed by atoms with E-state index in [0.29, 0.717) is 0 Å². The summed E-state index contributed by atoms with van der Waals surface area (Å²) in [6.07, 6.45) is 0. The van der Waals surface area contributed by atoms with Crippen molar-refractivity contribution in [3.63, 3.8) is 0 Å². The van der Waals surface area contributed by atoms with E-state index >= 15 is 0 Å². The highest BCUT2D eigenvalue weighted by Gasteiger charge is 2.31. The molecule has 0 saturated carbocycles. The predicted octanol–water partition coefficient (Wildman–Crippen LogP) is 3.10. The first kappa shape index (κ1) is 10.8. The van der Waals surface area contributed by atoms with Crippen LogP contribution in [0.4, 0.5) is 11.4 Å². The zero-order valence-corrected chi connectivity index (χ0v) is 10.1. The van der Waals surface area contributed by atoms with Crippen LogP contribution >= 0.6 is 0 Å². The van der Waals surface area contributed by atoms with Crippen LogP contribution in [0.15, 0.2) is 48.5 Å². The molecule has 3 rings (SSSR count). The number of carbonyl (C=O) groups is 1. The van der Waals surface area contributed by atoms with Gasteiger partial charge in [0.25, 0.3) is 5.91 Å². The first-order chi connectivity index (χ1) is 8.75. The third-order valence-corrected chi connectivity index (χ3v) is 3.21. The Morgan fingerprint density at radius 1 is 1.06 bits per heavy atom. The maximum atomic E-state index is 12.0. The molecule has 1 atom stereocenters. The van der Waals surface area contributed by atoms with Gasteiger partial charge in [0.1, 0.15) is 6.04 Å². The number of para-hydroxylation sites is 2. The number of nitrogens with one attached hydrogen (secondary N) is 2. The van der Waals surface area contributed by atoms with Crippen LogP contribution in [0.1, 0.15) is 17.2 Å². The molecule has 0 spiro atoms. The topological polar surface area (TPSA) is 41.1 Å². The van der Waals surface area contributed by atoms with Crippen LogP contribution < -0.4 is 10.6 Å². The molecule has 1 heterocycles. The van der Waals surface area contributed by atoms with Gasteiger partial charge < -0.3 is 10.6 Å². The monoisotopic (exact) mass is 238 g/mol. The Balaban J connectivity index is 1.95. The molecule has 3 nitrogen and oxygen atoms in total. The highest BCUT2D eigenvalue weighted by Crippen LogP contribution is 2.35. The molecular weight excluding hydrogens is 224 g/mol. The van der Waals surface area contributed by atoms with Crippen molar-refractivity contribution in [2.24, 2.45) is 0 Å². The molecule has 0 aliphatic carbocycles. The van der Waals surface area contributed by atoms with Crippen molar-refractivity contribution in [2.45, 2.75) is 13.0 Å². The molecule has 1 aliphatic heterocycles. The lowest BCUT2D eigenvalue weighted by molar-refractivity contribution is -0.116. The maximum Gasteiger partial charge on any atom is 0.251 e. The lowest BCUT2D eigenvalue weighted by Crippen LogP contribution is -2.19. The Morgan fingerprint density at radius 2 is 1.83 bits per heavy atom. The van der Waals surface area contributed by atoms with Crippen molar-refractivity contribution in [1.82, 2.24) is 0 Å². The molecule has 2 aromatic carbocycles. The smallest absolute Gasteiger partial charge is 0.251 e. The summed E-state index contributed by atoms with van der Waals surface area (Å²) >= 11 is 0. The van der Waals surface area contributed by atoms with Crippen molar-refractivity contribution in [3.8, 4) is 0 Å². The Morgan fingerprint density at radius 3 is 2.61 bits per heavy atom. The maximum absolute atomic E-state index is 12.0. The van der Waals surface area contributed by atoms with Gasteiger partial charge in [-0.25, -0.2) is 0 Å². The number of anilines is 2. The fraction of sp³-hybridized carbons (Fsp3) is 0.133. The number of rotatable bonds is 2. The average molecular weight is 238 g/mol. The molecule has 0 fully saturated rings. The summed E-state index contributed by atoms with van der Waals surface area (Å²) in [5, 5.41) is 6.20. The van der Waals surface area contributed by atoms with Crippen molar-refractivity contribution in [3.05, 3.63) is 59.7 Å². The highest BCUT2D eigenvalue weighted by molar-refractivity contribution is 6.04. The van der Waals surface area contributed by atoms with Gasteiger partial charge >= 0.3 is 0 Å².